The van der Waals surface area contributed by atoms with Crippen LogP contribution in [0.1, 0.15) is 6.42 Å². The van der Waals surface area contributed by atoms with Crippen molar-refractivity contribution in [2.75, 3.05) is 0 Å². The predicted octanol–water partition coefficient (Wildman–Crippen LogP) is -1.46. The summed E-state index contributed by atoms with van der Waals surface area (Å²) in [6.45, 7) is 0. The molecule has 0 aliphatic carbocycles. The predicted molar refractivity (Wildman–Crippen MR) is 79.7 cm³/mol. The van der Waals surface area contributed by atoms with E-state index >= 15 is 0 Å². The Morgan fingerprint density at radius 1 is 0.750 bits per heavy atom. The lowest BCUT2D eigenvalue weighted by atomic mass is 10.1. The molecular formula is C14H14N4O6. The number of pyridine rings is 2. The Morgan fingerprint density at radius 2 is 1.08 bits per heavy atom. The molecule has 0 spiro atoms. The van der Waals surface area contributed by atoms with Gasteiger partial charge in [-0.05, 0) is 11.1 Å². The first kappa shape index (κ1) is 18.5. The molecule has 0 atom stereocenters. The molecule has 0 radical (unpaired) electrons. The summed E-state index contributed by atoms with van der Waals surface area (Å²) in [5.41, 5.74) is 1.83. The van der Waals surface area contributed by atoms with Crippen molar-refractivity contribution >= 4 is 17.8 Å². The molecule has 0 saturated carbocycles. The first-order valence-electron chi connectivity index (χ1n) is 6.46. The quantitative estimate of drug-likeness (QED) is 0.369. The van der Waals surface area contributed by atoms with E-state index in [1.54, 1.807) is 24.3 Å². The topological polar surface area (TPSA) is 161 Å². The van der Waals surface area contributed by atoms with E-state index in [0.29, 0.717) is 0 Å². The van der Waals surface area contributed by atoms with Crippen molar-refractivity contribution in [3.63, 3.8) is 0 Å². The second-order valence-electron chi connectivity index (χ2n) is 4.50. The number of carbonyl (C=O) groups excluding carboxylic acids is 3. The van der Waals surface area contributed by atoms with Crippen molar-refractivity contribution in [3.8, 4) is 11.1 Å². The Bertz CT molecular complexity index is 641. The number of aromatic nitrogens is 2. The summed E-state index contributed by atoms with van der Waals surface area (Å²) < 4.78 is 1.44. The third-order valence-electron chi connectivity index (χ3n) is 2.76. The van der Waals surface area contributed by atoms with E-state index < -0.39 is 17.8 Å². The summed E-state index contributed by atoms with van der Waals surface area (Å²) in [4.78, 5) is 30.8. The number of rotatable bonds is 1. The molecule has 10 heteroatoms. The van der Waals surface area contributed by atoms with Crippen molar-refractivity contribution in [3.05, 3.63) is 59.5 Å². The summed E-state index contributed by atoms with van der Waals surface area (Å²) in [7, 11) is 0. The van der Waals surface area contributed by atoms with E-state index in [2.05, 4.69) is 0 Å². The van der Waals surface area contributed by atoms with Gasteiger partial charge in [0.1, 0.15) is 6.42 Å². The number of urea groups is 1. The van der Waals surface area contributed by atoms with Crippen LogP contribution in [0, 0.1) is 10.4 Å². The van der Waals surface area contributed by atoms with E-state index in [4.69, 9.17) is 0 Å². The second kappa shape index (κ2) is 8.19. The molecular weight excluding hydrogens is 320 g/mol. The molecule has 3 heterocycles. The molecule has 0 bridgehead atoms. The number of hydrogen-bond donors (Lipinski definition) is 2. The number of nitrogens with one attached hydrogen (secondary N) is 2. The highest BCUT2D eigenvalue weighted by Crippen LogP contribution is 2.15. The van der Waals surface area contributed by atoms with E-state index in [-0.39, 0.29) is 11.9 Å². The van der Waals surface area contributed by atoms with Crippen molar-refractivity contribution in [1.82, 2.24) is 10.6 Å². The summed E-state index contributed by atoms with van der Waals surface area (Å²) in [5, 5.41) is 25.3. The smallest absolute Gasteiger partial charge is 0.328 e. The average Bonchev–Trinajstić information content (AvgIpc) is 2.48. The van der Waals surface area contributed by atoms with Crippen molar-refractivity contribution < 1.29 is 29.3 Å². The maximum Gasteiger partial charge on any atom is 0.328 e. The fourth-order valence-corrected chi connectivity index (χ4v) is 1.73. The van der Waals surface area contributed by atoms with Crippen molar-refractivity contribution in [2.24, 2.45) is 0 Å². The van der Waals surface area contributed by atoms with Gasteiger partial charge in [0.05, 0.1) is 0 Å². The molecule has 2 aromatic rings. The average molecular weight is 334 g/mol. The van der Waals surface area contributed by atoms with Crippen molar-refractivity contribution in [2.45, 2.75) is 6.42 Å². The fourth-order valence-electron chi connectivity index (χ4n) is 1.73. The lowest BCUT2D eigenvalue weighted by Crippen LogP contribution is -2.49. The Morgan fingerprint density at radius 3 is 1.38 bits per heavy atom. The van der Waals surface area contributed by atoms with Gasteiger partial charge in [-0.1, -0.05) is 0 Å². The molecule has 1 fully saturated rings. The standard InChI is InChI=1S/C10H8N2O2.C4H4N2O3.H2O/c13-11-5-1-9(2-6-11)10-3-7-12(14)8-4-10;7-2-1-3(8)6-4(9)5-2;/h1-8H;1H2,(H2,5,6,7,8,9);1H2. The zero-order chi connectivity index (χ0) is 16.8. The summed E-state index contributed by atoms with van der Waals surface area (Å²) in [6.07, 6.45) is 5.44. The lowest BCUT2D eigenvalue weighted by molar-refractivity contribution is -0.605. The highest BCUT2D eigenvalue weighted by Gasteiger charge is 2.20. The zero-order valence-electron chi connectivity index (χ0n) is 12.3. The summed E-state index contributed by atoms with van der Waals surface area (Å²) in [6, 6.07) is 6.08. The van der Waals surface area contributed by atoms with Gasteiger partial charge in [0.25, 0.3) is 0 Å². The van der Waals surface area contributed by atoms with Gasteiger partial charge >= 0.3 is 6.03 Å². The van der Waals surface area contributed by atoms with Crippen molar-refractivity contribution in [1.29, 1.82) is 0 Å². The number of nitrogens with zero attached hydrogens (tertiary/aromatic N) is 2. The van der Waals surface area contributed by atoms with Crippen LogP contribution in [0.3, 0.4) is 0 Å². The molecule has 0 unspecified atom stereocenters. The minimum Gasteiger partial charge on any atom is -0.619 e. The molecule has 126 valence electrons. The number of imide groups is 2. The lowest BCUT2D eigenvalue weighted by Gasteiger charge is -2.09. The van der Waals surface area contributed by atoms with Gasteiger partial charge in [0.2, 0.25) is 11.8 Å². The first-order chi connectivity index (χ1) is 10.9. The van der Waals surface area contributed by atoms with Gasteiger partial charge < -0.3 is 15.9 Å². The maximum absolute atomic E-state index is 10.8. The summed E-state index contributed by atoms with van der Waals surface area (Å²) >= 11 is 0. The van der Waals surface area contributed by atoms with E-state index in [9.17, 15) is 24.8 Å². The van der Waals surface area contributed by atoms with Gasteiger partial charge in [0, 0.05) is 24.3 Å². The molecule has 2 aromatic heterocycles. The Labute approximate surface area is 135 Å². The monoisotopic (exact) mass is 334 g/mol. The normalized spacial score (nSPS) is 12.9. The zero-order valence-corrected chi connectivity index (χ0v) is 12.3. The molecule has 3 rings (SSSR count). The number of hydrogen-bond acceptors (Lipinski definition) is 5. The number of carbonyl (C=O) groups is 3. The Hall–Kier alpha value is -3.53. The van der Waals surface area contributed by atoms with Gasteiger partial charge in [0.15, 0.2) is 24.8 Å². The molecule has 4 N–H and O–H groups in total. The van der Waals surface area contributed by atoms with E-state index in [0.717, 1.165) is 20.6 Å². The maximum atomic E-state index is 10.8. The molecule has 1 saturated heterocycles. The third-order valence-corrected chi connectivity index (χ3v) is 2.76. The van der Waals surface area contributed by atoms with Gasteiger partial charge in [-0.3, -0.25) is 20.2 Å². The Kier molecular flexibility index (Phi) is 6.32. The largest absolute Gasteiger partial charge is 0.619 e. The third kappa shape index (κ3) is 5.35. The Balaban J connectivity index is 0.000000252. The molecule has 10 nitrogen and oxygen atoms in total. The van der Waals surface area contributed by atoms with Crippen LogP contribution in [0.25, 0.3) is 11.1 Å². The van der Waals surface area contributed by atoms with Gasteiger partial charge in [-0.2, -0.15) is 9.46 Å². The van der Waals surface area contributed by atoms with Crippen LogP contribution in [0.15, 0.2) is 49.1 Å². The van der Waals surface area contributed by atoms with Crippen LogP contribution in [-0.4, -0.2) is 23.3 Å². The van der Waals surface area contributed by atoms with Crippen LogP contribution < -0.4 is 20.1 Å². The van der Waals surface area contributed by atoms with Gasteiger partial charge in [-0.25, -0.2) is 4.79 Å². The minimum absolute atomic E-state index is 0. The van der Waals surface area contributed by atoms with E-state index in [1.165, 1.54) is 24.8 Å². The highest BCUT2D eigenvalue weighted by atomic mass is 16.5. The van der Waals surface area contributed by atoms with Crippen LogP contribution in [0.4, 0.5) is 4.79 Å². The molecule has 4 amide bonds. The first-order valence-corrected chi connectivity index (χ1v) is 6.46. The van der Waals surface area contributed by atoms with Crippen LogP contribution >= 0.6 is 0 Å². The minimum atomic E-state index is -0.740. The molecule has 1 aliphatic heterocycles. The van der Waals surface area contributed by atoms with Crippen LogP contribution in [0.5, 0.6) is 0 Å². The molecule has 24 heavy (non-hydrogen) atoms. The number of barbiturate groups is 1. The summed E-state index contributed by atoms with van der Waals surface area (Å²) in [5.74, 6) is -1.10. The van der Waals surface area contributed by atoms with Crippen LogP contribution in [0.2, 0.25) is 0 Å². The van der Waals surface area contributed by atoms with Gasteiger partial charge in [-0.15, -0.1) is 0 Å². The number of amides is 4. The van der Waals surface area contributed by atoms with Crippen LogP contribution in [-0.2, 0) is 9.59 Å². The molecule has 1 aliphatic rings. The molecule has 0 aromatic carbocycles. The highest BCUT2D eigenvalue weighted by molar-refractivity contribution is 6.14. The van der Waals surface area contributed by atoms with E-state index in [1.807, 2.05) is 10.6 Å². The SMILES string of the molecule is O.O=C1CC(=O)NC(=O)N1.[O-][n+]1ccc(-c2cc[n+]([O-])cc2)cc1. The fraction of sp³-hybridized carbons (Fsp3) is 0.0714. The second-order valence-corrected chi connectivity index (χ2v) is 4.50.